The molecule has 0 bridgehead atoms. The highest BCUT2D eigenvalue weighted by atomic mass is 35.5. The Labute approximate surface area is 70.2 Å². The number of carbonyl (C=O) groups excluding carboxylic acids is 1. The van der Waals surface area contributed by atoms with Gasteiger partial charge in [-0.05, 0) is 0 Å². The van der Waals surface area contributed by atoms with Gasteiger partial charge in [0.05, 0.1) is 0 Å². The van der Waals surface area contributed by atoms with Gasteiger partial charge in [-0.3, -0.25) is 9.79 Å². The molecule has 11 heavy (non-hydrogen) atoms. The van der Waals surface area contributed by atoms with Gasteiger partial charge in [0.15, 0.2) is 5.17 Å². The van der Waals surface area contributed by atoms with Gasteiger partial charge < -0.3 is 0 Å². The molecule has 0 aliphatic carbocycles. The Kier molecular flexibility index (Phi) is 2.39. The van der Waals surface area contributed by atoms with Crippen LogP contribution in [0.5, 0.6) is 0 Å². The number of ketones is 1. The van der Waals surface area contributed by atoms with E-state index in [-0.39, 0.29) is 23.4 Å². The summed E-state index contributed by atoms with van der Waals surface area (Å²) in [5.41, 5.74) is 0. The smallest absolute Gasteiger partial charge is 0.214 e. The number of amidine groups is 1. The first-order valence-electron chi connectivity index (χ1n) is 3.43. The lowest BCUT2D eigenvalue weighted by Crippen LogP contribution is -2.21. The van der Waals surface area contributed by atoms with E-state index < -0.39 is 0 Å². The van der Waals surface area contributed by atoms with E-state index >= 15 is 0 Å². The Hall–Kier alpha value is -0.700. The summed E-state index contributed by atoms with van der Waals surface area (Å²) in [6.45, 7) is 4.07. The van der Waals surface area contributed by atoms with Crippen LogP contribution in [0.25, 0.3) is 0 Å². The molecule has 0 N–H and O–H groups in total. The second kappa shape index (κ2) is 3.13. The third-order valence-corrected chi connectivity index (χ3v) is 1.64. The zero-order valence-electron chi connectivity index (χ0n) is 6.47. The van der Waals surface area contributed by atoms with E-state index in [1.807, 2.05) is 13.8 Å². The van der Waals surface area contributed by atoms with E-state index in [0.29, 0.717) is 5.84 Å². The van der Waals surface area contributed by atoms with Crippen LogP contribution in [0.15, 0.2) is 9.98 Å². The minimum atomic E-state index is -0.198. The molecular formula is C7H9ClN2O. The van der Waals surface area contributed by atoms with Crippen LogP contribution in [0, 0.1) is 5.92 Å². The molecule has 0 amide bonds. The van der Waals surface area contributed by atoms with E-state index in [2.05, 4.69) is 9.98 Å². The first-order chi connectivity index (χ1) is 5.11. The van der Waals surface area contributed by atoms with E-state index in [0.717, 1.165) is 0 Å². The summed E-state index contributed by atoms with van der Waals surface area (Å²) in [5.74, 6) is 0.697. The van der Waals surface area contributed by atoms with Gasteiger partial charge in [-0.25, -0.2) is 4.99 Å². The topological polar surface area (TPSA) is 41.8 Å². The Balaban J connectivity index is 2.82. The minimum absolute atomic E-state index is 0.0590. The molecule has 1 aliphatic heterocycles. The fourth-order valence-electron chi connectivity index (χ4n) is 0.728. The number of aliphatic imine (C=N–C) groups is 2. The third kappa shape index (κ3) is 1.87. The van der Waals surface area contributed by atoms with Crippen molar-refractivity contribution >= 4 is 28.4 Å². The minimum Gasteiger partial charge on any atom is -0.289 e. The number of rotatable bonds is 1. The second-order valence-corrected chi connectivity index (χ2v) is 3.01. The summed E-state index contributed by atoms with van der Waals surface area (Å²) >= 11 is 5.53. The Morgan fingerprint density at radius 3 is 2.64 bits per heavy atom. The molecule has 60 valence electrons. The molecule has 0 radical (unpaired) electrons. The number of carbonyl (C=O) groups is 1. The van der Waals surface area contributed by atoms with Crippen LogP contribution in [0.3, 0.4) is 0 Å². The second-order valence-electron chi connectivity index (χ2n) is 2.65. The van der Waals surface area contributed by atoms with Gasteiger partial charge in [-0.15, -0.1) is 0 Å². The first-order valence-corrected chi connectivity index (χ1v) is 3.81. The molecule has 0 spiro atoms. The zero-order chi connectivity index (χ0) is 8.43. The zero-order valence-corrected chi connectivity index (χ0v) is 7.22. The SMILES string of the molecule is CC(C)C1=NCC(=O)C(Cl)=N1. The van der Waals surface area contributed by atoms with Crippen molar-refractivity contribution in [2.45, 2.75) is 13.8 Å². The predicted molar refractivity (Wildman–Crippen MR) is 45.4 cm³/mol. The highest BCUT2D eigenvalue weighted by Gasteiger charge is 2.16. The molecule has 0 aromatic heterocycles. The fraction of sp³-hybridized carbons (Fsp3) is 0.571. The molecule has 0 atom stereocenters. The summed E-state index contributed by atoms with van der Waals surface area (Å²) in [6.07, 6.45) is 0. The third-order valence-electron chi connectivity index (χ3n) is 1.34. The van der Waals surface area contributed by atoms with Crippen LogP contribution in [-0.2, 0) is 4.79 Å². The summed E-state index contributed by atoms with van der Waals surface area (Å²) < 4.78 is 0. The standard InChI is InChI=1S/C7H9ClN2O/c1-4(2)7-9-3-5(11)6(8)10-7/h4H,3H2,1-2H3. The van der Waals surface area contributed by atoms with E-state index in [4.69, 9.17) is 11.6 Å². The number of hydrogen-bond donors (Lipinski definition) is 0. The lowest BCUT2D eigenvalue weighted by Gasteiger charge is -2.08. The molecule has 1 aliphatic rings. The quantitative estimate of drug-likeness (QED) is 0.587. The Bertz CT molecular complexity index is 243. The summed E-state index contributed by atoms with van der Waals surface area (Å²) in [4.78, 5) is 18.6. The van der Waals surface area contributed by atoms with Crippen molar-refractivity contribution < 1.29 is 4.79 Å². The van der Waals surface area contributed by atoms with Crippen molar-refractivity contribution in [1.29, 1.82) is 0 Å². The van der Waals surface area contributed by atoms with Crippen LogP contribution >= 0.6 is 11.6 Å². The molecule has 1 heterocycles. The van der Waals surface area contributed by atoms with Gasteiger partial charge in [0.2, 0.25) is 5.78 Å². The van der Waals surface area contributed by atoms with Gasteiger partial charge in [0, 0.05) is 5.92 Å². The van der Waals surface area contributed by atoms with Crippen molar-refractivity contribution in [3.05, 3.63) is 0 Å². The maximum atomic E-state index is 10.8. The fourth-order valence-corrected chi connectivity index (χ4v) is 0.874. The lowest BCUT2D eigenvalue weighted by atomic mass is 10.2. The van der Waals surface area contributed by atoms with Crippen molar-refractivity contribution in [2.24, 2.45) is 15.9 Å². The molecule has 4 heteroatoms. The maximum absolute atomic E-state index is 10.8. The van der Waals surface area contributed by atoms with E-state index in [1.54, 1.807) is 0 Å². The average molecular weight is 173 g/mol. The first kappa shape index (κ1) is 8.40. The van der Waals surface area contributed by atoms with Gasteiger partial charge in [0.25, 0.3) is 0 Å². The van der Waals surface area contributed by atoms with Crippen LogP contribution in [0.4, 0.5) is 0 Å². The van der Waals surface area contributed by atoms with Gasteiger partial charge in [0.1, 0.15) is 12.4 Å². The highest BCUT2D eigenvalue weighted by Crippen LogP contribution is 2.06. The van der Waals surface area contributed by atoms with Crippen molar-refractivity contribution in [3.63, 3.8) is 0 Å². The van der Waals surface area contributed by atoms with Gasteiger partial charge in [-0.1, -0.05) is 25.4 Å². The monoisotopic (exact) mass is 172 g/mol. The molecule has 3 nitrogen and oxygen atoms in total. The summed E-state index contributed by atoms with van der Waals surface area (Å²) in [5, 5.41) is 0.0590. The van der Waals surface area contributed by atoms with E-state index in [1.165, 1.54) is 0 Å². The molecular weight excluding hydrogens is 164 g/mol. The lowest BCUT2D eigenvalue weighted by molar-refractivity contribution is -0.111. The molecule has 0 unspecified atom stereocenters. The van der Waals surface area contributed by atoms with Crippen LogP contribution < -0.4 is 0 Å². The summed E-state index contributed by atoms with van der Waals surface area (Å²) in [6, 6.07) is 0. The molecule has 0 saturated heterocycles. The number of Topliss-reactive ketones (excluding diaryl/α,β-unsaturated/α-hetero) is 1. The van der Waals surface area contributed by atoms with Crippen LogP contribution in [0.2, 0.25) is 0 Å². The Morgan fingerprint density at radius 2 is 2.18 bits per heavy atom. The van der Waals surface area contributed by atoms with Gasteiger partial charge in [-0.2, -0.15) is 0 Å². The molecule has 0 aromatic carbocycles. The maximum Gasteiger partial charge on any atom is 0.214 e. The Morgan fingerprint density at radius 1 is 1.55 bits per heavy atom. The van der Waals surface area contributed by atoms with Crippen molar-refractivity contribution in [1.82, 2.24) is 0 Å². The van der Waals surface area contributed by atoms with Crippen molar-refractivity contribution in [3.8, 4) is 0 Å². The van der Waals surface area contributed by atoms with Crippen LogP contribution in [0.1, 0.15) is 13.8 Å². The van der Waals surface area contributed by atoms with Crippen molar-refractivity contribution in [2.75, 3.05) is 6.54 Å². The molecule has 1 rings (SSSR count). The number of halogens is 1. The predicted octanol–water partition coefficient (Wildman–Crippen LogP) is 1.26. The number of hydrogen-bond acceptors (Lipinski definition) is 3. The average Bonchev–Trinajstić information content (AvgIpc) is 1.94. The van der Waals surface area contributed by atoms with Crippen LogP contribution in [-0.4, -0.2) is 23.3 Å². The van der Waals surface area contributed by atoms with E-state index in [9.17, 15) is 4.79 Å². The normalized spacial score (nSPS) is 18.4. The van der Waals surface area contributed by atoms with Gasteiger partial charge >= 0.3 is 0 Å². The summed E-state index contributed by atoms with van der Waals surface area (Å²) in [7, 11) is 0. The highest BCUT2D eigenvalue weighted by molar-refractivity contribution is 6.84. The number of nitrogens with zero attached hydrogens (tertiary/aromatic N) is 2. The molecule has 0 saturated carbocycles. The molecule has 0 fully saturated rings. The molecule has 0 aromatic rings. The largest absolute Gasteiger partial charge is 0.289 e.